The van der Waals surface area contributed by atoms with Crippen LogP contribution >= 0.6 is 0 Å². The number of hydrogen-bond acceptors (Lipinski definition) is 4. The molecule has 1 amide bonds. The highest BCUT2D eigenvalue weighted by molar-refractivity contribution is 7.89. The van der Waals surface area contributed by atoms with Gasteiger partial charge >= 0.3 is 5.97 Å². The van der Waals surface area contributed by atoms with Crippen molar-refractivity contribution in [1.29, 1.82) is 0 Å². The highest BCUT2D eigenvalue weighted by Gasteiger charge is 2.28. The Morgan fingerprint density at radius 2 is 1.85 bits per heavy atom. The summed E-state index contributed by atoms with van der Waals surface area (Å²) in [4.78, 5) is 25.9. The Kier molecular flexibility index (Phi) is 5.03. The summed E-state index contributed by atoms with van der Waals surface area (Å²) in [5, 5.41) is 9.22. The summed E-state index contributed by atoms with van der Waals surface area (Å²) in [7, 11) is -3.64. The number of aromatic carboxylic acids is 1. The molecule has 2 aromatic carbocycles. The molecule has 0 aromatic heterocycles. The van der Waals surface area contributed by atoms with Crippen molar-refractivity contribution in [3.8, 4) is 0 Å². The molecule has 27 heavy (non-hydrogen) atoms. The Morgan fingerprint density at radius 1 is 1.15 bits per heavy atom. The standard InChI is InChI=1S/C19H20N2O5S/c1-3-20-27(25,26)16-5-4-13-6-7-21(17(13)11-16)18(22)14-8-12(2)9-15(10-14)19(23)24/h4-5,8-11,20H,3,6-7H2,1-2H3,(H,23,24). The zero-order valence-electron chi connectivity index (χ0n) is 15.0. The number of aryl methyl sites for hydroxylation is 1. The average Bonchev–Trinajstić information content (AvgIpc) is 3.03. The first-order chi connectivity index (χ1) is 12.7. The number of amides is 1. The van der Waals surface area contributed by atoms with Gasteiger partial charge in [0.1, 0.15) is 0 Å². The van der Waals surface area contributed by atoms with E-state index in [1.54, 1.807) is 26.0 Å². The van der Waals surface area contributed by atoms with Crippen LogP contribution in [0.3, 0.4) is 0 Å². The molecule has 0 bridgehead atoms. The second-order valence-electron chi connectivity index (χ2n) is 6.39. The van der Waals surface area contributed by atoms with E-state index in [1.807, 2.05) is 0 Å². The van der Waals surface area contributed by atoms with E-state index in [4.69, 9.17) is 0 Å². The predicted octanol–water partition coefficient (Wildman–Crippen LogP) is 2.19. The Morgan fingerprint density at radius 3 is 2.52 bits per heavy atom. The third-order valence-corrected chi connectivity index (χ3v) is 5.96. The summed E-state index contributed by atoms with van der Waals surface area (Å²) < 4.78 is 27.0. The molecule has 0 radical (unpaired) electrons. The molecular formula is C19H20N2O5S. The van der Waals surface area contributed by atoms with Gasteiger partial charge in [-0.25, -0.2) is 17.9 Å². The summed E-state index contributed by atoms with van der Waals surface area (Å²) in [6.45, 7) is 4.10. The molecule has 0 fully saturated rings. The van der Waals surface area contributed by atoms with Gasteiger partial charge in [0.25, 0.3) is 5.91 Å². The highest BCUT2D eigenvalue weighted by atomic mass is 32.2. The zero-order valence-corrected chi connectivity index (χ0v) is 15.8. The average molecular weight is 388 g/mol. The van der Waals surface area contributed by atoms with Crippen LogP contribution in [0.15, 0.2) is 41.3 Å². The van der Waals surface area contributed by atoms with Crippen molar-refractivity contribution >= 4 is 27.6 Å². The molecule has 1 heterocycles. The predicted molar refractivity (Wildman–Crippen MR) is 101 cm³/mol. The van der Waals surface area contributed by atoms with Crippen LogP contribution in [-0.4, -0.2) is 38.5 Å². The lowest BCUT2D eigenvalue weighted by Crippen LogP contribution is -2.29. The monoisotopic (exact) mass is 388 g/mol. The quantitative estimate of drug-likeness (QED) is 0.817. The fraction of sp³-hybridized carbons (Fsp3) is 0.263. The number of hydrogen-bond donors (Lipinski definition) is 2. The Labute approximate surface area is 157 Å². The van der Waals surface area contributed by atoms with E-state index in [0.29, 0.717) is 24.2 Å². The van der Waals surface area contributed by atoms with Gasteiger partial charge < -0.3 is 10.0 Å². The van der Waals surface area contributed by atoms with Crippen molar-refractivity contribution in [1.82, 2.24) is 4.72 Å². The molecule has 142 valence electrons. The normalized spacial score (nSPS) is 13.5. The minimum absolute atomic E-state index is 0.0428. The molecule has 0 aliphatic carbocycles. The van der Waals surface area contributed by atoms with Gasteiger partial charge in [0.2, 0.25) is 10.0 Å². The molecule has 7 nitrogen and oxygen atoms in total. The topological polar surface area (TPSA) is 104 Å². The molecule has 0 spiro atoms. The first-order valence-electron chi connectivity index (χ1n) is 8.52. The molecule has 0 unspecified atom stereocenters. The highest BCUT2D eigenvalue weighted by Crippen LogP contribution is 2.32. The van der Waals surface area contributed by atoms with E-state index in [2.05, 4.69) is 4.72 Å². The van der Waals surface area contributed by atoms with Crippen molar-refractivity contribution in [2.75, 3.05) is 18.0 Å². The maximum Gasteiger partial charge on any atom is 0.335 e. The Bertz CT molecular complexity index is 1030. The Balaban J connectivity index is 2.00. The van der Waals surface area contributed by atoms with Crippen LogP contribution in [0.4, 0.5) is 5.69 Å². The number of nitrogens with zero attached hydrogens (tertiary/aromatic N) is 1. The maximum absolute atomic E-state index is 13.0. The number of carbonyl (C=O) groups excluding carboxylic acids is 1. The van der Waals surface area contributed by atoms with E-state index in [9.17, 15) is 23.1 Å². The van der Waals surface area contributed by atoms with Crippen LogP contribution < -0.4 is 9.62 Å². The summed E-state index contributed by atoms with van der Waals surface area (Å²) >= 11 is 0. The summed E-state index contributed by atoms with van der Waals surface area (Å²) in [6.07, 6.45) is 0.611. The van der Waals surface area contributed by atoms with Gasteiger partial charge in [-0.2, -0.15) is 0 Å². The van der Waals surface area contributed by atoms with Gasteiger partial charge in [0.15, 0.2) is 0 Å². The number of anilines is 1. The van der Waals surface area contributed by atoms with Crippen LogP contribution in [0.25, 0.3) is 0 Å². The van der Waals surface area contributed by atoms with Crippen molar-refractivity contribution in [3.63, 3.8) is 0 Å². The molecule has 0 saturated heterocycles. The van der Waals surface area contributed by atoms with Gasteiger partial charge in [0, 0.05) is 24.3 Å². The third kappa shape index (κ3) is 3.72. The lowest BCUT2D eigenvalue weighted by molar-refractivity contribution is 0.0696. The number of benzene rings is 2. The minimum atomic E-state index is -3.64. The molecule has 0 saturated carbocycles. The first-order valence-corrected chi connectivity index (χ1v) is 10.0. The number of nitrogens with one attached hydrogen (secondary N) is 1. The van der Waals surface area contributed by atoms with Gasteiger partial charge in [-0.15, -0.1) is 0 Å². The van der Waals surface area contributed by atoms with Crippen molar-refractivity contribution < 1.29 is 23.1 Å². The summed E-state index contributed by atoms with van der Waals surface area (Å²) in [6, 6.07) is 9.21. The lowest BCUT2D eigenvalue weighted by atomic mass is 10.1. The van der Waals surface area contributed by atoms with Crippen molar-refractivity contribution in [2.24, 2.45) is 0 Å². The van der Waals surface area contributed by atoms with E-state index >= 15 is 0 Å². The summed E-state index contributed by atoms with van der Waals surface area (Å²) in [5.41, 5.74) is 2.39. The number of rotatable bonds is 5. The van der Waals surface area contributed by atoms with Gasteiger partial charge in [0.05, 0.1) is 10.5 Å². The largest absolute Gasteiger partial charge is 0.478 e. The second-order valence-corrected chi connectivity index (χ2v) is 8.16. The number of carbonyl (C=O) groups is 2. The van der Waals surface area contributed by atoms with Crippen LogP contribution in [0.5, 0.6) is 0 Å². The third-order valence-electron chi connectivity index (χ3n) is 4.41. The fourth-order valence-electron chi connectivity index (χ4n) is 3.20. The Hall–Kier alpha value is -2.71. The number of fused-ring (bicyclic) bond motifs is 1. The van der Waals surface area contributed by atoms with E-state index in [-0.39, 0.29) is 28.5 Å². The van der Waals surface area contributed by atoms with Crippen LogP contribution in [0.1, 0.15) is 38.8 Å². The molecule has 3 rings (SSSR count). The molecular weight excluding hydrogens is 368 g/mol. The fourth-order valence-corrected chi connectivity index (χ4v) is 4.26. The molecule has 1 aliphatic rings. The van der Waals surface area contributed by atoms with Crippen molar-refractivity contribution in [2.45, 2.75) is 25.2 Å². The van der Waals surface area contributed by atoms with Gasteiger partial charge in [-0.3, -0.25) is 4.79 Å². The van der Waals surface area contributed by atoms with Crippen LogP contribution in [-0.2, 0) is 16.4 Å². The van der Waals surface area contributed by atoms with Crippen molar-refractivity contribution in [3.05, 3.63) is 58.7 Å². The maximum atomic E-state index is 13.0. The second kappa shape index (κ2) is 7.13. The van der Waals surface area contributed by atoms with E-state index < -0.39 is 16.0 Å². The molecule has 2 N–H and O–H groups in total. The number of carboxylic acids is 1. The molecule has 1 aliphatic heterocycles. The van der Waals surface area contributed by atoms with Crippen LogP contribution in [0.2, 0.25) is 0 Å². The SMILES string of the molecule is CCNS(=O)(=O)c1ccc2c(c1)N(C(=O)c1cc(C)cc(C(=O)O)c1)CC2. The minimum Gasteiger partial charge on any atom is -0.478 e. The molecule has 0 atom stereocenters. The van der Waals surface area contributed by atoms with Gasteiger partial charge in [-0.1, -0.05) is 13.0 Å². The number of sulfonamides is 1. The number of carboxylic acid groups (broad SMARTS) is 1. The van der Waals surface area contributed by atoms with E-state index in [1.165, 1.54) is 29.2 Å². The molecule has 2 aromatic rings. The first kappa shape index (κ1) is 19.1. The zero-order chi connectivity index (χ0) is 19.8. The van der Waals surface area contributed by atoms with Gasteiger partial charge in [-0.05, 0) is 54.8 Å². The van der Waals surface area contributed by atoms with Crippen LogP contribution in [0, 0.1) is 6.92 Å². The van der Waals surface area contributed by atoms with E-state index in [0.717, 1.165) is 5.56 Å². The smallest absolute Gasteiger partial charge is 0.335 e. The molecule has 8 heteroatoms. The summed E-state index contributed by atoms with van der Waals surface area (Å²) in [5.74, 6) is -1.45. The lowest BCUT2D eigenvalue weighted by Gasteiger charge is -2.19.